The largest absolute Gasteiger partial charge is 0.290 e. The van der Waals surface area contributed by atoms with Crippen LogP contribution in [0.5, 0.6) is 0 Å². The van der Waals surface area contributed by atoms with Crippen LogP contribution in [0.3, 0.4) is 0 Å². The predicted molar refractivity (Wildman–Crippen MR) is 56.8 cm³/mol. The molecule has 0 aromatic heterocycles. The van der Waals surface area contributed by atoms with Crippen LogP contribution in [-0.4, -0.2) is 32.8 Å². The number of nitrogens with zero attached hydrogens (tertiary/aromatic N) is 1. The first-order chi connectivity index (χ1) is 4.80. The molecule has 4 heteroatoms. The zero-order chi connectivity index (χ0) is 7.98. The van der Waals surface area contributed by atoms with E-state index in [1.54, 1.807) is 0 Å². The minimum absolute atomic E-state index is 0. The van der Waals surface area contributed by atoms with Crippen LogP contribution in [0.15, 0.2) is 0 Å². The highest BCUT2D eigenvalue weighted by molar-refractivity contribution is 5.75. The van der Waals surface area contributed by atoms with Gasteiger partial charge in [0.25, 0.3) is 0 Å². The molecule has 1 fully saturated rings. The van der Waals surface area contributed by atoms with E-state index in [9.17, 15) is 0 Å². The van der Waals surface area contributed by atoms with Gasteiger partial charge in [0.1, 0.15) is 0 Å². The van der Waals surface area contributed by atoms with Crippen LogP contribution in [-0.2, 0) is 0 Å². The van der Waals surface area contributed by atoms with Gasteiger partial charge in [-0.05, 0) is 13.8 Å². The summed E-state index contributed by atoms with van der Waals surface area (Å²) in [6.07, 6.45) is 0. The summed E-state index contributed by atoms with van der Waals surface area (Å²) in [6.45, 7) is 10.2. The van der Waals surface area contributed by atoms with E-state index < -0.39 is 0 Å². The second kappa shape index (κ2) is 10.9. The van der Waals surface area contributed by atoms with Crippen LogP contribution < -0.4 is 10.7 Å². The zero-order valence-corrected chi connectivity index (χ0v) is 8.02. The molecule has 1 heterocycles. The molecule has 0 bridgehead atoms. The first-order valence-corrected chi connectivity index (χ1v) is 4.01. The maximum Gasteiger partial charge on any atom is 0.0634 e. The monoisotopic (exact) mass is 172 g/mol. The normalized spacial score (nSPS) is 15.8. The van der Waals surface area contributed by atoms with Gasteiger partial charge in [0.2, 0.25) is 0 Å². The molecule has 0 atom stereocenters. The first kappa shape index (κ1) is 17.9. The number of nitrogens with one attached hydrogen (secondary N) is 2. The standard InChI is InChI=1S/C5H13N3.C2H6.CH4.B/c1-5(2)8-4-6-3-7-8;1-2;;/h5-7H,3-4H2,1-2H3;1-2H3;1H4;. The molecule has 0 spiro atoms. The molecular formula is C8H23BN3. The van der Waals surface area contributed by atoms with E-state index in [1.807, 2.05) is 13.8 Å². The van der Waals surface area contributed by atoms with Gasteiger partial charge in [0.05, 0.1) is 13.3 Å². The summed E-state index contributed by atoms with van der Waals surface area (Å²) in [5.41, 5.74) is 3.18. The SMILES string of the molecule is C.CC.CC(C)N1CNCN1.[B]. The van der Waals surface area contributed by atoms with Crippen molar-refractivity contribution in [1.82, 2.24) is 15.8 Å². The fourth-order valence-electron chi connectivity index (χ4n) is 0.755. The number of hydrazine groups is 1. The first-order valence-electron chi connectivity index (χ1n) is 4.01. The molecule has 1 rings (SSSR count). The third kappa shape index (κ3) is 6.64. The van der Waals surface area contributed by atoms with Gasteiger partial charge < -0.3 is 0 Å². The number of rotatable bonds is 1. The lowest BCUT2D eigenvalue weighted by molar-refractivity contribution is 0.198. The summed E-state index contributed by atoms with van der Waals surface area (Å²) in [4.78, 5) is 0. The van der Waals surface area contributed by atoms with Gasteiger partial charge in [-0.1, -0.05) is 21.3 Å². The topological polar surface area (TPSA) is 27.3 Å². The zero-order valence-electron chi connectivity index (χ0n) is 8.02. The van der Waals surface area contributed by atoms with Crippen molar-refractivity contribution in [2.24, 2.45) is 0 Å². The van der Waals surface area contributed by atoms with Gasteiger partial charge in [0, 0.05) is 14.5 Å². The summed E-state index contributed by atoms with van der Waals surface area (Å²) in [7, 11) is 0. The van der Waals surface area contributed by atoms with E-state index >= 15 is 0 Å². The second-order valence-electron chi connectivity index (χ2n) is 2.31. The molecule has 0 aromatic carbocycles. The van der Waals surface area contributed by atoms with Crippen molar-refractivity contribution in [3.63, 3.8) is 0 Å². The molecule has 0 unspecified atom stereocenters. The van der Waals surface area contributed by atoms with Gasteiger partial charge >= 0.3 is 0 Å². The summed E-state index contributed by atoms with van der Waals surface area (Å²) < 4.78 is 0. The lowest BCUT2D eigenvalue weighted by atomic mass is 10.4. The second-order valence-corrected chi connectivity index (χ2v) is 2.31. The van der Waals surface area contributed by atoms with E-state index in [-0.39, 0.29) is 15.8 Å². The van der Waals surface area contributed by atoms with Gasteiger partial charge in [-0.15, -0.1) is 0 Å². The Kier molecular flexibility index (Phi) is 16.3. The Morgan fingerprint density at radius 3 is 1.92 bits per heavy atom. The van der Waals surface area contributed by atoms with E-state index in [0.717, 1.165) is 13.3 Å². The molecule has 1 aliphatic rings. The van der Waals surface area contributed by atoms with E-state index in [2.05, 4.69) is 29.6 Å². The molecule has 1 saturated heterocycles. The third-order valence-electron chi connectivity index (χ3n) is 1.31. The summed E-state index contributed by atoms with van der Waals surface area (Å²) in [5, 5.41) is 5.34. The number of hydrogen-bond donors (Lipinski definition) is 2. The fraction of sp³-hybridized carbons (Fsp3) is 1.00. The van der Waals surface area contributed by atoms with Crippen molar-refractivity contribution in [2.75, 3.05) is 13.3 Å². The summed E-state index contributed by atoms with van der Waals surface area (Å²) >= 11 is 0. The Hall–Kier alpha value is -0.0551. The Morgan fingerprint density at radius 1 is 1.25 bits per heavy atom. The predicted octanol–water partition coefficient (Wildman–Crippen LogP) is 1.00. The Labute approximate surface area is 79.5 Å². The molecule has 0 saturated carbocycles. The molecule has 0 aromatic rings. The molecule has 0 amide bonds. The van der Waals surface area contributed by atoms with Crippen LogP contribution in [0.4, 0.5) is 0 Å². The van der Waals surface area contributed by atoms with E-state index in [1.165, 1.54) is 0 Å². The number of hydrogen-bond acceptors (Lipinski definition) is 3. The van der Waals surface area contributed by atoms with Crippen LogP contribution >= 0.6 is 0 Å². The molecule has 1 aliphatic heterocycles. The molecule has 3 nitrogen and oxygen atoms in total. The summed E-state index contributed by atoms with van der Waals surface area (Å²) in [6, 6.07) is 0.602. The molecule has 12 heavy (non-hydrogen) atoms. The fourth-order valence-corrected chi connectivity index (χ4v) is 0.755. The lowest BCUT2D eigenvalue weighted by Gasteiger charge is -2.17. The Bertz CT molecular complexity index is 72.7. The van der Waals surface area contributed by atoms with Crippen LogP contribution in [0.1, 0.15) is 35.1 Å². The van der Waals surface area contributed by atoms with E-state index in [0.29, 0.717) is 6.04 Å². The van der Waals surface area contributed by atoms with Gasteiger partial charge in [-0.2, -0.15) is 0 Å². The molecular weight excluding hydrogens is 149 g/mol. The lowest BCUT2D eigenvalue weighted by Crippen LogP contribution is -2.36. The van der Waals surface area contributed by atoms with Crippen LogP contribution in [0.25, 0.3) is 0 Å². The van der Waals surface area contributed by atoms with Crippen molar-refractivity contribution < 1.29 is 0 Å². The van der Waals surface area contributed by atoms with Gasteiger partial charge in [-0.25, -0.2) is 10.4 Å². The Balaban J connectivity index is -0.000000189. The highest BCUT2D eigenvalue weighted by Crippen LogP contribution is 1.92. The van der Waals surface area contributed by atoms with Gasteiger partial charge in [0.15, 0.2) is 0 Å². The highest BCUT2D eigenvalue weighted by Gasteiger charge is 2.11. The van der Waals surface area contributed by atoms with Crippen molar-refractivity contribution in [3.05, 3.63) is 0 Å². The average Bonchev–Trinajstić information content (AvgIpc) is 2.42. The molecule has 0 aliphatic carbocycles. The van der Waals surface area contributed by atoms with Crippen molar-refractivity contribution in [3.8, 4) is 0 Å². The van der Waals surface area contributed by atoms with Gasteiger partial charge in [-0.3, -0.25) is 5.32 Å². The Morgan fingerprint density at radius 2 is 1.75 bits per heavy atom. The maximum atomic E-state index is 3.18. The molecule has 3 radical (unpaired) electrons. The average molecular weight is 172 g/mol. The highest BCUT2D eigenvalue weighted by atomic mass is 15.6. The van der Waals surface area contributed by atoms with Crippen LogP contribution in [0.2, 0.25) is 0 Å². The molecule has 2 N–H and O–H groups in total. The quantitative estimate of drug-likeness (QED) is 0.578. The third-order valence-corrected chi connectivity index (χ3v) is 1.31. The van der Waals surface area contributed by atoms with Crippen molar-refractivity contribution >= 4 is 8.41 Å². The van der Waals surface area contributed by atoms with Crippen molar-refractivity contribution in [1.29, 1.82) is 0 Å². The maximum absolute atomic E-state index is 3.18. The smallest absolute Gasteiger partial charge is 0.0634 e. The van der Waals surface area contributed by atoms with E-state index in [4.69, 9.17) is 0 Å². The van der Waals surface area contributed by atoms with Crippen molar-refractivity contribution in [2.45, 2.75) is 41.2 Å². The molecule has 73 valence electrons. The summed E-state index contributed by atoms with van der Waals surface area (Å²) in [5.74, 6) is 0. The minimum Gasteiger partial charge on any atom is -0.290 e. The minimum atomic E-state index is 0. The van der Waals surface area contributed by atoms with Crippen LogP contribution in [0, 0.1) is 0 Å².